The number of nitro benzene ring substituents is 1. The van der Waals surface area contributed by atoms with Gasteiger partial charge in [-0.2, -0.15) is 0 Å². The van der Waals surface area contributed by atoms with Crippen LogP contribution in [-0.2, 0) is 16.4 Å². The lowest BCUT2D eigenvalue weighted by Crippen LogP contribution is -2.42. The molecular formula is C16H22N6O4S2. The Kier molecular flexibility index (Phi) is 7.84. The number of aryl methyl sites for hydroxylation is 1. The normalized spacial score (nSPS) is 12.0. The molecule has 12 heteroatoms. The minimum Gasteiger partial charge on any atom is -0.356 e. The number of benzene rings is 1. The van der Waals surface area contributed by atoms with Gasteiger partial charge in [0, 0.05) is 56.3 Å². The number of non-ortho nitro benzene ring substituents is 1. The van der Waals surface area contributed by atoms with E-state index in [9.17, 15) is 18.5 Å². The van der Waals surface area contributed by atoms with Crippen molar-refractivity contribution in [1.82, 2.24) is 20.3 Å². The summed E-state index contributed by atoms with van der Waals surface area (Å²) in [5.41, 5.74) is -0.277. The number of aromatic nitrogens is 1. The van der Waals surface area contributed by atoms with Crippen LogP contribution in [0.4, 0.5) is 5.69 Å². The maximum absolute atomic E-state index is 12.2. The first-order valence-corrected chi connectivity index (χ1v) is 10.7. The van der Waals surface area contributed by atoms with E-state index < -0.39 is 14.9 Å². The first kappa shape index (κ1) is 21.7. The van der Waals surface area contributed by atoms with E-state index in [4.69, 9.17) is 0 Å². The van der Waals surface area contributed by atoms with E-state index in [2.05, 4.69) is 25.3 Å². The van der Waals surface area contributed by atoms with E-state index in [-0.39, 0.29) is 17.1 Å². The molecule has 0 amide bonds. The Balaban J connectivity index is 1.76. The molecule has 0 fully saturated rings. The Labute approximate surface area is 167 Å². The minimum atomic E-state index is -3.83. The van der Waals surface area contributed by atoms with Gasteiger partial charge in [0.2, 0.25) is 10.0 Å². The number of nitrogens with one attached hydrogen (secondary N) is 3. The maximum atomic E-state index is 12.2. The molecule has 0 bridgehead atoms. The Bertz CT molecular complexity index is 942. The van der Waals surface area contributed by atoms with E-state index in [0.717, 1.165) is 22.4 Å². The average molecular weight is 427 g/mol. The SMILES string of the molecule is CN=C(NCCNS(=O)(=O)c1cccc([N+](=O)[O-])c1)NCCc1ncc(C)s1. The summed E-state index contributed by atoms with van der Waals surface area (Å²) in [7, 11) is -2.21. The quantitative estimate of drug-likeness (QED) is 0.179. The van der Waals surface area contributed by atoms with Gasteiger partial charge in [-0.25, -0.2) is 18.1 Å². The minimum absolute atomic E-state index is 0.0946. The number of sulfonamides is 1. The Hall–Kier alpha value is -2.57. The third-order valence-corrected chi connectivity index (χ3v) is 6.00. The van der Waals surface area contributed by atoms with E-state index in [1.807, 2.05) is 13.1 Å². The number of nitrogens with zero attached hydrogens (tertiary/aromatic N) is 3. The monoisotopic (exact) mass is 426 g/mol. The molecule has 2 rings (SSSR count). The fraction of sp³-hybridized carbons (Fsp3) is 0.375. The lowest BCUT2D eigenvalue weighted by Gasteiger charge is -2.12. The molecule has 2 aromatic rings. The smallest absolute Gasteiger partial charge is 0.270 e. The molecule has 0 aliphatic carbocycles. The number of guanidine groups is 1. The molecule has 3 N–H and O–H groups in total. The van der Waals surface area contributed by atoms with Crippen molar-refractivity contribution in [2.75, 3.05) is 26.7 Å². The molecule has 0 aliphatic rings. The van der Waals surface area contributed by atoms with E-state index in [1.54, 1.807) is 18.4 Å². The van der Waals surface area contributed by atoms with Gasteiger partial charge < -0.3 is 10.6 Å². The molecule has 28 heavy (non-hydrogen) atoms. The summed E-state index contributed by atoms with van der Waals surface area (Å²) in [5, 5.41) is 17.9. The number of nitro groups is 1. The van der Waals surface area contributed by atoms with E-state index in [1.165, 1.54) is 18.2 Å². The summed E-state index contributed by atoms with van der Waals surface area (Å²) in [6, 6.07) is 4.91. The van der Waals surface area contributed by atoms with Crippen molar-refractivity contribution in [2.24, 2.45) is 4.99 Å². The van der Waals surface area contributed by atoms with Crippen LogP contribution in [0.5, 0.6) is 0 Å². The molecular weight excluding hydrogens is 404 g/mol. The van der Waals surface area contributed by atoms with Crippen LogP contribution in [0, 0.1) is 17.0 Å². The van der Waals surface area contributed by atoms with Crippen molar-refractivity contribution in [2.45, 2.75) is 18.2 Å². The van der Waals surface area contributed by atoms with Gasteiger partial charge >= 0.3 is 0 Å². The second kappa shape index (κ2) is 10.1. The highest BCUT2D eigenvalue weighted by molar-refractivity contribution is 7.89. The number of rotatable bonds is 9. The largest absolute Gasteiger partial charge is 0.356 e. The van der Waals surface area contributed by atoms with Crippen molar-refractivity contribution in [1.29, 1.82) is 0 Å². The second-order valence-electron chi connectivity index (χ2n) is 5.69. The first-order valence-electron chi connectivity index (χ1n) is 8.42. The number of hydrogen-bond acceptors (Lipinski definition) is 7. The molecule has 0 radical (unpaired) electrons. The van der Waals surface area contributed by atoms with Crippen LogP contribution < -0.4 is 15.4 Å². The number of thiazole rings is 1. The second-order valence-corrected chi connectivity index (χ2v) is 8.78. The predicted molar refractivity (Wildman–Crippen MR) is 108 cm³/mol. The first-order chi connectivity index (χ1) is 13.3. The third-order valence-electron chi connectivity index (χ3n) is 3.57. The highest BCUT2D eigenvalue weighted by Crippen LogP contribution is 2.16. The summed E-state index contributed by atoms with van der Waals surface area (Å²) >= 11 is 1.64. The van der Waals surface area contributed by atoms with Crippen LogP contribution in [-0.4, -0.2) is 51.0 Å². The molecule has 0 spiro atoms. The Morgan fingerprint density at radius 2 is 2.04 bits per heavy atom. The summed E-state index contributed by atoms with van der Waals surface area (Å²) in [5.74, 6) is 0.544. The van der Waals surface area contributed by atoms with E-state index in [0.29, 0.717) is 19.0 Å². The highest BCUT2D eigenvalue weighted by Gasteiger charge is 2.17. The van der Waals surface area contributed by atoms with Crippen LogP contribution in [0.15, 0.2) is 40.4 Å². The maximum Gasteiger partial charge on any atom is 0.270 e. The van der Waals surface area contributed by atoms with Crippen LogP contribution >= 0.6 is 11.3 Å². The highest BCUT2D eigenvalue weighted by atomic mass is 32.2. The van der Waals surface area contributed by atoms with Gasteiger partial charge in [0.1, 0.15) is 0 Å². The van der Waals surface area contributed by atoms with Crippen molar-refractivity contribution in [3.63, 3.8) is 0 Å². The zero-order valence-electron chi connectivity index (χ0n) is 15.5. The van der Waals surface area contributed by atoms with Crippen LogP contribution in [0.1, 0.15) is 9.88 Å². The van der Waals surface area contributed by atoms with Crippen LogP contribution in [0.2, 0.25) is 0 Å². The van der Waals surface area contributed by atoms with Crippen molar-refractivity contribution < 1.29 is 13.3 Å². The molecule has 10 nitrogen and oxygen atoms in total. The number of hydrogen-bond donors (Lipinski definition) is 3. The molecule has 152 valence electrons. The Morgan fingerprint density at radius 3 is 2.68 bits per heavy atom. The van der Waals surface area contributed by atoms with Crippen molar-refractivity contribution >= 4 is 33.0 Å². The molecule has 1 aromatic carbocycles. The molecule has 0 saturated carbocycles. The molecule has 0 aliphatic heterocycles. The summed E-state index contributed by atoms with van der Waals surface area (Å²) in [6.07, 6.45) is 2.60. The fourth-order valence-corrected chi connectivity index (χ4v) is 4.10. The zero-order chi connectivity index (χ0) is 20.6. The zero-order valence-corrected chi connectivity index (χ0v) is 17.1. The molecule has 1 heterocycles. The van der Waals surface area contributed by atoms with Gasteiger partial charge in [0.15, 0.2) is 5.96 Å². The topological polar surface area (TPSA) is 139 Å². The van der Waals surface area contributed by atoms with Gasteiger partial charge in [0.25, 0.3) is 5.69 Å². The van der Waals surface area contributed by atoms with Crippen molar-refractivity contribution in [3.8, 4) is 0 Å². The lowest BCUT2D eigenvalue weighted by atomic mass is 10.3. The third kappa shape index (κ3) is 6.55. The van der Waals surface area contributed by atoms with Gasteiger partial charge in [-0.1, -0.05) is 6.07 Å². The van der Waals surface area contributed by atoms with Gasteiger partial charge in [0.05, 0.1) is 14.8 Å². The van der Waals surface area contributed by atoms with Gasteiger partial charge in [-0.05, 0) is 13.0 Å². The summed E-state index contributed by atoms with van der Waals surface area (Å²) in [6.45, 7) is 3.04. The molecule has 0 unspecified atom stereocenters. The summed E-state index contributed by atoms with van der Waals surface area (Å²) < 4.78 is 26.9. The molecule has 0 atom stereocenters. The van der Waals surface area contributed by atoms with Gasteiger partial charge in [-0.15, -0.1) is 11.3 Å². The van der Waals surface area contributed by atoms with Crippen LogP contribution in [0.3, 0.4) is 0 Å². The predicted octanol–water partition coefficient (Wildman–Crippen LogP) is 1.05. The average Bonchev–Trinajstić information content (AvgIpc) is 3.08. The number of aliphatic imine (C=N–C) groups is 1. The van der Waals surface area contributed by atoms with E-state index >= 15 is 0 Å². The lowest BCUT2D eigenvalue weighted by molar-refractivity contribution is -0.385. The molecule has 1 aromatic heterocycles. The van der Waals surface area contributed by atoms with Crippen molar-refractivity contribution in [3.05, 3.63) is 50.5 Å². The fourth-order valence-electron chi connectivity index (χ4n) is 2.24. The summed E-state index contributed by atoms with van der Waals surface area (Å²) in [4.78, 5) is 19.5. The molecule has 0 saturated heterocycles. The van der Waals surface area contributed by atoms with Crippen LogP contribution in [0.25, 0.3) is 0 Å². The van der Waals surface area contributed by atoms with Gasteiger partial charge in [-0.3, -0.25) is 15.1 Å². The Morgan fingerprint density at radius 1 is 1.29 bits per heavy atom. The standard InChI is InChI=1S/C16H22N6O4S2/c1-12-11-20-15(27-12)6-7-18-16(17-2)19-8-9-21-28(25,26)14-5-3-4-13(10-14)22(23)24/h3-5,10-11,21H,6-9H2,1-2H3,(H2,17,18,19).